The molecule has 2 rings (SSSR count). The molecule has 0 amide bonds. The number of aliphatic carboxylic acids is 1. The number of H-pyrrole nitrogens is 1. The van der Waals surface area contributed by atoms with E-state index in [-0.39, 0.29) is 11.3 Å². The highest BCUT2D eigenvalue weighted by Crippen LogP contribution is 2.22. The van der Waals surface area contributed by atoms with E-state index in [9.17, 15) is 9.59 Å². The van der Waals surface area contributed by atoms with Crippen molar-refractivity contribution >= 4 is 17.7 Å². The number of hydrogen-bond donors (Lipinski definition) is 2. The topological polar surface area (TPSA) is 101 Å². The minimum absolute atomic E-state index is 0.0759. The van der Waals surface area contributed by atoms with Crippen LogP contribution in [-0.4, -0.2) is 36.6 Å². The highest BCUT2D eigenvalue weighted by Gasteiger charge is 2.14. The van der Waals surface area contributed by atoms with Gasteiger partial charge in [0.15, 0.2) is 11.0 Å². The summed E-state index contributed by atoms with van der Waals surface area (Å²) in [6.45, 7) is 2.50. The SMILES string of the molecule is CCn1c(SCC(=O)O)nnc1-c1cc[nH]c(=O)c1. The lowest BCUT2D eigenvalue weighted by atomic mass is 10.2. The van der Waals surface area contributed by atoms with Crippen molar-refractivity contribution in [3.05, 3.63) is 28.7 Å². The first-order valence-electron chi connectivity index (χ1n) is 5.58. The van der Waals surface area contributed by atoms with Crippen LogP contribution in [0.2, 0.25) is 0 Å². The van der Waals surface area contributed by atoms with Gasteiger partial charge in [-0.3, -0.25) is 9.59 Å². The van der Waals surface area contributed by atoms with Crippen LogP contribution in [0.5, 0.6) is 0 Å². The Morgan fingerprint density at radius 2 is 2.32 bits per heavy atom. The number of rotatable bonds is 5. The first kappa shape index (κ1) is 13.3. The molecule has 0 bridgehead atoms. The quantitative estimate of drug-likeness (QED) is 0.787. The summed E-state index contributed by atoms with van der Waals surface area (Å²) in [5, 5.41) is 17.2. The summed E-state index contributed by atoms with van der Waals surface area (Å²) in [6, 6.07) is 3.16. The number of hydrogen-bond acceptors (Lipinski definition) is 5. The number of carboxylic acids is 1. The molecule has 2 aromatic heterocycles. The molecule has 100 valence electrons. The van der Waals surface area contributed by atoms with Gasteiger partial charge in [-0.2, -0.15) is 0 Å². The number of carboxylic acid groups (broad SMARTS) is 1. The molecule has 2 heterocycles. The lowest BCUT2D eigenvalue weighted by Crippen LogP contribution is -2.06. The number of aromatic nitrogens is 4. The van der Waals surface area contributed by atoms with Gasteiger partial charge in [-0.1, -0.05) is 11.8 Å². The largest absolute Gasteiger partial charge is 0.481 e. The maximum absolute atomic E-state index is 11.3. The maximum Gasteiger partial charge on any atom is 0.313 e. The van der Waals surface area contributed by atoms with Crippen molar-refractivity contribution in [2.24, 2.45) is 0 Å². The lowest BCUT2D eigenvalue weighted by Gasteiger charge is -2.05. The molecular weight excluding hydrogens is 268 g/mol. The summed E-state index contributed by atoms with van der Waals surface area (Å²) in [6.07, 6.45) is 1.54. The average molecular weight is 280 g/mol. The van der Waals surface area contributed by atoms with Crippen LogP contribution in [-0.2, 0) is 11.3 Å². The Balaban J connectivity index is 2.36. The van der Waals surface area contributed by atoms with Gasteiger partial charge in [-0.15, -0.1) is 10.2 Å². The second kappa shape index (κ2) is 5.70. The summed E-state index contributed by atoms with van der Waals surface area (Å²) in [7, 11) is 0. The van der Waals surface area contributed by atoms with Gasteiger partial charge in [-0.05, 0) is 13.0 Å². The van der Waals surface area contributed by atoms with E-state index in [4.69, 9.17) is 5.11 Å². The normalized spacial score (nSPS) is 10.6. The van der Waals surface area contributed by atoms with Crippen molar-refractivity contribution in [2.45, 2.75) is 18.6 Å². The van der Waals surface area contributed by atoms with E-state index in [1.807, 2.05) is 6.92 Å². The van der Waals surface area contributed by atoms with Crippen LogP contribution >= 0.6 is 11.8 Å². The van der Waals surface area contributed by atoms with E-state index in [0.29, 0.717) is 23.1 Å². The predicted molar refractivity (Wildman–Crippen MR) is 70.1 cm³/mol. The minimum atomic E-state index is -0.909. The third kappa shape index (κ3) is 3.02. The number of nitrogens with one attached hydrogen (secondary N) is 1. The highest BCUT2D eigenvalue weighted by molar-refractivity contribution is 7.99. The molecule has 2 aromatic rings. The standard InChI is InChI=1S/C11H12N4O3S/c1-2-15-10(7-3-4-12-8(16)5-7)13-14-11(15)19-6-9(17)18/h3-5H,2,6H2,1H3,(H,12,16)(H,17,18). The van der Waals surface area contributed by atoms with E-state index < -0.39 is 5.97 Å². The fourth-order valence-electron chi connectivity index (χ4n) is 1.60. The van der Waals surface area contributed by atoms with Crippen molar-refractivity contribution in [1.82, 2.24) is 19.7 Å². The van der Waals surface area contributed by atoms with Gasteiger partial charge in [0.1, 0.15) is 0 Å². The molecule has 8 heteroatoms. The van der Waals surface area contributed by atoms with Gasteiger partial charge >= 0.3 is 5.97 Å². The maximum atomic E-state index is 11.3. The van der Waals surface area contributed by atoms with Gasteiger partial charge in [0.05, 0.1) is 5.75 Å². The Kier molecular flexibility index (Phi) is 4.00. The molecule has 7 nitrogen and oxygen atoms in total. The Morgan fingerprint density at radius 3 is 2.95 bits per heavy atom. The minimum Gasteiger partial charge on any atom is -0.481 e. The zero-order chi connectivity index (χ0) is 13.8. The number of nitrogens with zero attached hydrogens (tertiary/aromatic N) is 3. The fourth-order valence-corrected chi connectivity index (χ4v) is 2.33. The van der Waals surface area contributed by atoms with Crippen LogP contribution in [0.25, 0.3) is 11.4 Å². The van der Waals surface area contributed by atoms with Crippen molar-refractivity contribution < 1.29 is 9.90 Å². The molecule has 19 heavy (non-hydrogen) atoms. The Hall–Kier alpha value is -2.09. The zero-order valence-electron chi connectivity index (χ0n) is 10.2. The van der Waals surface area contributed by atoms with Crippen LogP contribution in [0, 0.1) is 0 Å². The van der Waals surface area contributed by atoms with E-state index in [2.05, 4.69) is 15.2 Å². The summed E-state index contributed by atoms with van der Waals surface area (Å²) in [5.74, 6) is -0.428. The number of pyridine rings is 1. The zero-order valence-corrected chi connectivity index (χ0v) is 11.0. The first-order valence-corrected chi connectivity index (χ1v) is 6.57. The van der Waals surface area contributed by atoms with Crippen molar-refractivity contribution in [3.8, 4) is 11.4 Å². The van der Waals surface area contributed by atoms with Crippen molar-refractivity contribution in [1.29, 1.82) is 0 Å². The molecule has 0 saturated carbocycles. The molecule has 0 aliphatic heterocycles. The third-order valence-electron chi connectivity index (χ3n) is 2.39. The fraction of sp³-hybridized carbons (Fsp3) is 0.273. The van der Waals surface area contributed by atoms with Gasteiger partial charge in [0.2, 0.25) is 5.56 Å². The molecule has 2 N–H and O–H groups in total. The smallest absolute Gasteiger partial charge is 0.313 e. The Labute approximate surface area is 112 Å². The second-order valence-electron chi connectivity index (χ2n) is 3.67. The molecule has 0 unspecified atom stereocenters. The van der Waals surface area contributed by atoms with E-state index in [1.54, 1.807) is 10.6 Å². The molecule has 0 atom stereocenters. The van der Waals surface area contributed by atoms with E-state index in [1.165, 1.54) is 12.3 Å². The molecule has 0 saturated heterocycles. The Bertz CT molecular complexity index is 649. The number of thioether (sulfide) groups is 1. The molecule has 0 fully saturated rings. The van der Waals surface area contributed by atoms with Gasteiger partial charge in [-0.25, -0.2) is 0 Å². The van der Waals surface area contributed by atoms with Crippen LogP contribution < -0.4 is 5.56 Å². The van der Waals surface area contributed by atoms with Crippen LogP contribution in [0.15, 0.2) is 28.3 Å². The molecule has 0 radical (unpaired) electrons. The summed E-state index contributed by atoms with van der Waals surface area (Å²) < 4.78 is 1.78. The molecule has 0 spiro atoms. The predicted octanol–water partition coefficient (Wildman–Crippen LogP) is 0.830. The second-order valence-corrected chi connectivity index (χ2v) is 4.62. The Morgan fingerprint density at radius 1 is 1.53 bits per heavy atom. The van der Waals surface area contributed by atoms with Crippen molar-refractivity contribution in [3.63, 3.8) is 0 Å². The molecule has 0 aliphatic rings. The monoisotopic (exact) mass is 280 g/mol. The van der Waals surface area contributed by atoms with Crippen LogP contribution in [0.3, 0.4) is 0 Å². The average Bonchev–Trinajstić information content (AvgIpc) is 2.79. The van der Waals surface area contributed by atoms with E-state index in [0.717, 1.165) is 11.8 Å². The van der Waals surface area contributed by atoms with Gasteiger partial charge < -0.3 is 14.7 Å². The summed E-state index contributed by atoms with van der Waals surface area (Å²) >= 11 is 1.10. The van der Waals surface area contributed by atoms with E-state index >= 15 is 0 Å². The van der Waals surface area contributed by atoms with Gasteiger partial charge in [0.25, 0.3) is 0 Å². The van der Waals surface area contributed by atoms with Crippen LogP contribution in [0.1, 0.15) is 6.92 Å². The molecular formula is C11H12N4O3S. The highest BCUT2D eigenvalue weighted by atomic mass is 32.2. The lowest BCUT2D eigenvalue weighted by molar-refractivity contribution is -0.133. The number of carbonyl (C=O) groups is 1. The summed E-state index contributed by atoms with van der Waals surface area (Å²) in [4.78, 5) is 24.4. The van der Waals surface area contributed by atoms with Crippen LogP contribution in [0.4, 0.5) is 0 Å². The van der Waals surface area contributed by atoms with Crippen molar-refractivity contribution in [2.75, 3.05) is 5.75 Å². The molecule has 0 aromatic carbocycles. The summed E-state index contributed by atoms with van der Waals surface area (Å²) in [5.41, 5.74) is 0.433. The van der Waals surface area contributed by atoms with Gasteiger partial charge in [0, 0.05) is 24.4 Å². The first-order chi connectivity index (χ1) is 9.11. The molecule has 0 aliphatic carbocycles. The third-order valence-corrected chi connectivity index (χ3v) is 3.34. The number of aromatic amines is 1.